The zero-order valence-corrected chi connectivity index (χ0v) is 9.55. The SMILES string of the molecule is CCC(CC)N(C)CC(=O)NCCN. The Balaban J connectivity index is 3.79. The fraction of sp³-hybridized carbons (Fsp3) is 0.900. The van der Waals surface area contributed by atoms with Crippen molar-refractivity contribution >= 4 is 5.91 Å². The van der Waals surface area contributed by atoms with E-state index in [1.165, 1.54) is 0 Å². The Bertz CT molecular complexity index is 157. The van der Waals surface area contributed by atoms with Crippen LogP contribution < -0.4 is 11.1 Å². The summed E-state index contributed by atoms with van der Waals surface area (Å²) >= 11 is 0. The average molecular weight is 201 g/mol. The van der Waals surface area contributed by atoms with E-state index in [1.54, 1.807) is 0 Å². The predicted octanol–water partition coefficient (Wildman–Crippen LogP) is 0.182. The van der Waals surface area contributed by atoms with Gasteiger partial charge in [-0.1, -0.05) is 13.8 Å². The summed E-state index contributed by atoms with van der Waals surface area (Å²) in [6.07, 6.45) is 2.16. The van der Waals surface area contributed by atoms with Gasteiger partial charge in [-0.3, -0.25) is 9.69 Å². The summed E-state index contributed by atoms with van der Waals surface area (Å²) in [7, 11) is 1.99. The van der Waals surface area contributed by atoms with E-state index in [0.29, 0.717) is 25.7 Å². The predicted molar refractivity (Wildman–Crippen MR) is 59.1 cm³/mol. The van der Waals surface area contributed by atoms with Crippen LogP contribution in [0.15, 0.2) is 0 Å². The van der Waals surface area contributed by atoms with Gasteiger partial charge >= 0.3 is 0 Å². The van der Waals surface area contributed by atoms with Gasteiger partial charge in [-0.2, -0.15) is 0 Å². The molecule has 0 saturated heterocycles. The molecule has 0 spiro atoms. The van der Waals surface area contributed by atoms with Crippen molar-refractivity contribution < 1.29 is 4.79 Å². The van der Waals surface area contributed by atoms with Crippen molar-refractivity contribution in [2.24, 2.45) is 5.73 Å². The molecule has 4 nitrogen and oxygen atoms in total. The monoisotopic (exact) mass is 201 g/mol. The summed E-state index contributed by atoms with van der Waals surface area (Å²) in [6, 6.07) is 0.499. The molecule has 0 aromatic rings. The van der Waals surface area contributed by atoms with Gasteiger partial charge in [-0.05, 0) is 19.9 Å². The van der Waals surface area contributed by atoms with E-state index in [4.69, 9.17) is 5.73 Å². The zero-order valence-electron chi connectivity index (χ0n) is 9.55. The maximum Gasteiger partial charge on any atom is 0.234 e. The van der Waals surface area contributed by atoms with Crippen molar-refractivity contribution in [2.75, 3.05) is 26.7 Å². The molecule has 0 aliphatic heterocycles. The van der Waals surface area contributed by atoms with Crippen molar-refractivity contribution in [2.45, 2.75) is 32.7 Å². The second-order valence-electron chi connectivity index (χ2n) is 3.52. The Hall–Kier alpha value is -0.610. The van der Waals surface area contributed by atoms with Crippen LogP contribution in [0, 0.1) is 0 Å². The van der Waals surface area contributed by atoms with Gasteiger partial charge in [0.05, 0.1) is 6.54 Å². The van der Waals surface area contributed by atoms with Gasteiger partial charge in [-0.15, -0.1) is 0 Å². The van der Waals surface area contributed by atoms with Gasteiger partial charge in [0.25, 0.3) is 0 Å². The number of amides is 1. The number of hydrogen-bond acceptors (Lipinski definition) is 3. The highest BCUT2D eigenvalue weighted by Crippen LogP contribution is 2.04. The van der Waals surface area contributed by atoms with Gasteiger partial charge in [0.15, 0.2) is 0 Å². The highest BCUT2D eigenvalue weighted by molar-refractivity contribution is 5.77. The van der Waals surface area contributed by atoms with Crippen molar-refractivity contribution in [3.05, 3.63) is 0 Å². The van der Waals surface area contributed by atoms with Gasteiger partial charge in [0.1, 0.15) is 0 Å². The van der Waals surface area contributed by atoms with Crippen molar-refractivity contribution in [1.82, 2.24) is 10.2 Å². The standard InChI is InChI=1S/C10H23N3O/c1-4-9(5-2)13(3)8-10(14)12-7-6-11/h9H,4-8,11H2,1-3H3,(H,12,14). The number of rotatable bonds is 7. The lowest BCUT2D eigenvalue weighted by Gasteiger charge is -2.25. The third-order valence-corrected chi connectivity index (χ3v) is 2.43. The highest BCUT2D eigenvalue weighted by Gasteiger charge is 2.13. The fourth-order valence-electron chi connectivity index (χ4n) is 1.54. The molecule has 0 aromatic carbocycles. The lowest BCUT2D eigenvalue weighted by atomic mass is 10.1. The number of carbonyl (C=O) groups is 1. The van der Waals surface area contributed by atoms with Gasteiger partial charge < -0.3 is 11.1 Å². The normalized spacial score (nSPS) is 11.0. The number of nitrogens with one attached hydrogen (secondary N) is 1. The zero-order chi connectivity index (χ0) is 11.0. The van der Waals surface area contributed by atoms with E-state index >= 15 is 0 Å². The summed E-state index contributed by atoms with van der Waals surface area (Å²) in [5, 5.41) is 2.76. The molecule has 4 heteroatoms. The largest absolute Gasteiger partial charge is 0.354 e. The minimum atomic E-state index is 0.0600. The van der Waals surface area contributed by atoms with E-state index in [0.717, 1.165) is 12.8 Å². The van der Waals surface area contributed by atoms with Crippen LogP contribution in [0.3, 0.4) is 0 Å². The number of likely N-dealkylation sites (N-methyl/N-ethyl adjacent to an activating group) is 1. The molecule has 0 atom stereocenters. The van der Waals surface area contributed by atoms with Gasteiger partial charge in [-0.25, -0.2) is 0 Å². The Labute approximate surface area is 86.8 Å². The van der Waals surface area contributed by atoms with E-state index in [2.05, 4.69) is 24.1 Å². The molecule has 0 rings (SSSR count). The van der Waals surface area contributed by atoms with Crippen LogP contribution in [-0.4, -0.2) is 43.5 Å². The minimum Gasteiger partial charge on any atom is -0.354 e. The molecule has 0 fully saturated rings. The Morgan fingerprint density at radius 1 is 1.43 bits per heavy atom. The fourth-order valence-corrected chi connectivity index (χ4v) is 1.54. The third kappa shape index (κ3) is 5.19. The molecule has 0 unspecified atom stereocenters. The molecule has 0 heterocycles. The molecule has 0 aliphatic rings. The van der Waals surface area contributed by atoms with Crippen LogP contribution in [0.5, 0.6) is 0 Å². The first kappa shape index (κ1) is 13.4. The van der Waals surface area contributed by atoms with E-state index in [1.807, 2.05) is 7.05 Å². The molecule has 0 radical (unpaired) electrons. The molecular weight excluding hydrogens is 178 g/mol. The molecule has 0 saturated carbocycles. The van der Waals surface area contributed by atoms with Gasteiger partial charge in [0.2, 0.25) is 5.91 Å². The minimum absolute atomic E-state index is 0.0600. The first-order valence-corrected chi connectivity index (χ1v) is 5.32. The molecule has 0 aliphatic carbocycles. The number of carbonyl (C=O) groups excluding carboxylic acids is 1. The quantitative estimate of drug-likeness (QED) is 0.618. The maximum absolute atomic E-state index is 11.3. The summed E-state index contributed by atoms with van der Waals surface area (Å²) in [4.78, 5) is 13.4. The summed E-state index contributed by atoms with van der Waals surface area (Å²) in [5.41, 5.74) is 5.29. The van der Waals surface area contributed by atoms with Crippen LogP contribution in [0.1, 0.15) is 26.7 Å². The first-order chi connectivity index (χ1) is 6.65. The van der Waals surface area contributed by atoms with E-state index in [-0.39, 0.29) is 5.91 Å². The Morgan fingerprint density at radius 3 is 2.43 bits per heavy atom. The lowest BCUT2D eigenvalue weighted by molar-refractivity contribution is -0.122. The third-order valence-electron chi connectivity index (χ3n) is 2.43. The van der Waals surface area contributed by atoms with Crippen LogP contribution >= 0.6 is 0 Å². The van der Waals surface area contributed by atoms with Crippen LogP contribution in [0.25, 0.3) is 0 Å². The Morgan fingerprint density at radius 2 is 2.00 bits per heavy atom. The van der Waals surface area contributed by atoms with Crippen molar-refractivity contribution in [1.29, 1.82) is 0 Å². The van der Waals surface area contributed by atoms with E-state index in [9.17, 15) is 4.79 Å². The molecule has 0 bridgehead atoms. The van der Waals surface area contributed by atoms with E-state index < -0.39 is 0 Å². The number of hydrogen-bond donors (Lipinski definition) is 2. The average Bonchev–Trinajstić information content (AvgIpc) is 2.16. The molecule has 1 amide bonds. The Kier molecular flexibility index (Phi) is 7.42. The number of nitrogens with two attached hydrogens (primary N) is 1. The van der Waals surface area contributed by atoms with Crippen LogP contribution in [-0.2, 0) is 4.79 Å². The lowest BCUT2D eigenvalue weighted by Crippen LogP contribution is -2.41. The maximum atomic E-state index is 11.3. The smallest absolute Gasteiger partial charge is 0.234 e. The molecule has 0 aromatic heterocycles. The highest BCUT2D eigenvalue weighted by atomic mass is 16.2. The van der Waals surface area contributed by atoms with Crippen molar-refractivity contribution in [3.63, 3.8) is 0 Å². The number of nitrogens with zero attached hydrogens (tertiary/aromatic N) is 1. The molecule has 3 N–H and O–H groups in total. The van der Waals surface area contributed by atoms with Crippen LogP contribution in [0.2, 0.25) is 0 Å². The summed E-state index contributed by atoms with van der Waals surface area (Å²) < 4.78 is 0. The second-order valence-corrected chi connectivity index (χ2v) is 3.52. The molecule has 14 heavy (non-hydrogen) atoms. The summed E-state index contributed by atoms with van der Waals surface area (Å²) in [6.45, 7) is 5.81. The molecular formula is C10H23N3O. The second kappa shape index (κ2) is 7.76. The summed E-state index contributed by atoms with van der Waals surface area (Å²) in [5.74, 6) is 0.0600. The van der Waals surface area contributed by atoms with Gasteiger partial charge in [0, 0.05) is 19.1 Å². The first-order valence-electron chi connectivity index (χ1n) is 5.32. The van der Waals surface area contributed by atoms with Crippen LogP contribution in [0.4, 0.5) is 0 Å². The molecule has 84 valence electrons. The van der Waals surface area contributed by atoms with Crippen molar-refractivity contribution in [3.8, 4) is 0 Å². The topological polar surface area (TPSA) is 58.4 Å².